The van der Waals surface area contributed by atoms with Gasteiger partial charge in [0.2, 0.25) is 0 Å². The highest BCUT2D eigenvalue weighted by atomic mass is 16.4. The van der Waals surface area contributed by atoms with Crippen LogP contribution < -0.4 is 11.5 Å². The highest BCUT2D eigenvalue weighted by Gasteiger charge is 2.31. The minimum Gasteiger partial charge on any atom is -0.481 e. The van der Waals surface area contributed by atoms with Gasteiger partial charge in [-0.2, -0.15) is 0 Å². The van der Waals surface area contributed by atoms with Crippen molar-refractivity contribution in [3.8, 4) is 0 Å². The van der Waals surface area contributed by atoms with E-state index in [2.05, 4.69) is 0 Å². The maximum absolute atomic E-state index is 10.6. The van der Waals surface area contributed by atoms with E-state index in [1.807, 2.05) is 0 Å². The Labute approximate surface area is 65.6 Å². The summed E-state index contributed by atoms with van der Waals surface area (Å²) in [6.07, 6.45) is 2.11. The number of carbonyl (C=O) groups is 1. The van der Waals surface area contributed by atoms with Crippen LogP contribution in [0.1, 0.15) is 19.3 Å². The van der Waals surface area contributed by atoms with Gasteiger partial charge in [0.05, 0.1) is 5.92 Å². The smallest absolute Gasteiger partial charge is 0.308 e. The molecule has 0 unspecified atom stereocenters. The van der Waals surface area contributed by atoms with Gasteiger partial charge in [-0.1, -0.05) is 0 Å². The molecule has 3 atom stereocenters. The fourth-order valence-electron chi connectivity index (χ4n) is 1.51. The molecule has 0 aliphatic heterocycles. The first-order valence-electron chi connectivity index (χ1n) is 3.85. The lowest BCUT2D eigenvalue weighted by Crippen LogP contribution is -2.44. The molecule has 1 saturated carbocycles. The summed E-state index contributed by atoms with van der Waals surface area (Å²) in [5, 5.41) is 8.69. The zero-order valence-electron chi connectivity index (χ0n) is 6.36. The topological polar surface area (TPSA) is 89.3 Å². The number of hydrogen-bond acceptors (Lipinski definition) is 3. The summed E-state index contributed by atoms with van der Waals surface area (Å²) in [6, 6.07) is -0.178. The maximum atomic E-state index is 10.6. The molecular weight excluding hydrogens is 144 g/mol. The molecule has 0 amide bonds. The fraction of sp³-hybridized carbons (Fsp3) is 0.857. The van der Waals surface area contributed by atoms with Crippen LogP contribution in [0, 0.1) is 5.92 Å². The largest absolute Gasteiger partial charge is 0.481 e. The Morgan fingerprint density at radius 2 is 2.00 bits per heavy atom. The van der Waals surface area contributed by atoms with E-state index in [0.29, 0.717) is 6.42 Å². The Morgan fingerprint density at radius 1 is 1.36 bits per heavy atom. The first-order valence-corrected chi connectivity index (χ1v) is 3.85. The molecule has 1 rings (SSSR count). The van der Waals surface area contributed by atoms with Crippen molar-refractivity contribution in [2.75, 3.05) is 0 Å². The lowest BCUT2D eigenvalue weighted by atomic mass is 9.82. The van der Waals surface area contributed by atoms with Crippen molar-refractivity contribution in [3.05, 3.63) is 0 Å². The Morgan fingerprint density at radius 3 is 2.45 bits per heavy atom. The first-order chi connectivity index (χ1) is 5.11. The summed E-state index contributed by atoms with van der Waals surface area (Å²) < 4.78 is 0. The molecule has 11 heavy (non-hydrogen) atoms. The number of rotatable bonds is 1. The van der Waals surface area contributed by atoms with Crippen molar-refractivity contribution in [1.82, 2.24) is 0 Å². The zero-order valence-corrected chi connectivity index (χ0v) is 6.36. The van der Waals surface area contributed by atoms with Gasteiger partial charge in [0, 0.05) is 12.1 Å². The van der Waals surface area contributed by atoms with Crippen LogP contribution in [0.5, 0.6) is 0 Å². The third kappa shape index (κ3) is 1.91. The van der Waals surface area contributed by atoms with Gasteiger partial charge >= 0.3 is 5.97 Å². The lowest BCUT2D eigenvalue weighted by molar-refractivity contribution is -0.143. The Balaban J connectivity index is 2.54. The van der Waals surface area contributed by atoms with Gasteiger partial charge in [-0.3, -0.25) is 4.79 Å². The molecule has 0 heterocycles. The van der Waals surface area contributed by atoms with E-state index in [1.165, 1.54) is 0 Å². The van der Waals surface area contributed by atoms with Crippen molar-refractivity contribution < 1.29 is 9.90 Å². The first kappa shape index (κ1) is 8.49. The van der Waals surface area contributed by atoms with Gasteiger partial charge in [0.1, 0.15) is 0 Å². The summed E-state index contributed by atoms with van der Waals surface area (Å²) in [4.78, 5) is 10.6. The molecule has 4 nitrogen and oxygen atoms in total. The molecule has 4 heteroatoms. The molecule has 0 saturated heterocycles. The molecule has 0 aromatic rings. The number of hydrogen-bond donors (Lipinski definition) is 3. The highest BCUT2D eigenvalue weighted by Crippen LogP contribution is 2.22. The molecule has 1 fully saturated rings. The molecule has 0 radical (unpaired) electrons. The van der Waals surface area contributed by atoms with Gasteiger partial charge in [-0.05, 0) is 19.3 Å². The van der Waals surface area contributed by atoms with Crippen LogP contribution in [0.15, 0.2) is 0 Å². The molecule has 0 bridgehead atoms. The second-order valence-electron chi connectivity index (χ2n) is 3.18. The van der Waals surface area contributed by atoms with Gasteiger partial charge < -0.3 is 16.6 Å². The second-order valence-corrected chi connectivity index (χ2v) is 3.18. The summed E-state index contributed by atoms with van der Waals surface area (Å²) in [5.41, 5.74) is 11.2. The number of carboxylic acids is 1. The number of aliphatic carboxylic acids is 1. The zero-order chi connectivity index (χ0) is 8.43. The predicted octanol–water partition coefficient (Wildman–Crippen LogP) is -0.474. The minimum atomic E-state index is -0.812. The molecule has 0 spiro atoms. The Kier molecular flexibility index (Phi) is 2.46. The Hall–Kier alpha value is -0.610. The molecular formula is C7H14N2O2. The molecule has 1 aliphatic carbocycles. The van der Waals surface area contributed by atoms with Crippen molar-refractivity contribution in [2.45, 2.75) is 31.3 Å². The molecule has 0 aromatic heterocycles. The summed E-state index contributed by atoms with van der Waals surface area (Å²) in [5.74, 6) is -1.24. The van der Waals surface area contributed by atoms with E-state index < -0.39 is 11.9 Å². The number of carboxylic acid groups (broad SMARTS) is 1. The molecule has 64 valence electrons. The molecule has 0 aromatic carbocycles. The quantitative estimate of drug-likeness (QED) is 0.481. The van der Waals surface area contributed by atoms with Gasteiger partial charge in [0.25, 0.3) is 0 Å². The van der Waals surface area contributed by atoms with Crippen LogP contribution in [-0.2, 0) is 4.79 Å². The van der Waals surface area contributed by atoms with Crippen LogP contribution in [0.4, 0.5) is 0 Å². The van der Waals surface area contributed by atoms with Crippen molar-refractivity contribution in [1.29, 1.82) is 0 Å². The van der Waals surface area contributed by atoms with Crippen LogP contribution >= 0.6 is 0 Å². The van der Waals surface area contributed by atoms with Crippen molar-refractivity contribution in [2.24, 2.45) is 17.4 Å². The van der Waals surface area contributed by atoms with Gasteiger partial charge in [-0.25, -0.2) is 0 Å². The van der Waals surface area contributed by atoms with E-state index in [-0.39, 0.29) is 12.1 Å². The van der Waals surface area contributed by atoms with Gasteiger partial charge in [0.15, 0.2) is 0 Å². The van der Waals surface area contributed by atoms with E-state index >= 15 is 0 Å². The normalized spacial score (nSPS) is 38.5. The number of nitrogens with two attached hydrogens (primary N) is 2. The minimum absolute atomic E-state index is 0.0240. The van der Waals surface area contributed by atoms with Crippen molar-refractivity contribution >= 4 is 5.97 Å². The van der Waals surface area contributed by atoms with Crippen molar-refractivity contribution in [3.63, 3.8) is 0 Å². The fourth-order valence-corrected chi connectivity index (χ4v) is 1.51. The molecule has 5 N–H and O–H groups in total. The van der Waals surface area contributed by atoms with Gasteiger partial charge in [-0.15, -0.1) is 0 Å². The summed E-state index contributed by atoms with van der Waals surface area (Å²) >= 11 is 0. The lowest BCUT2D eigenvalue weighted by Gasteiger charge is -2.29. The highest BCUT2D eigenvalue weighted by molar-refractivity contribution is 5.71. The van der Waals surface area contributed by atoms with Crippen LogP contribution in [-0.4, -0.2) is 23.2 Å². The molecule has 1 aliphatic rings. The summed E-state index contributed by atoms with van der Waals surface area (Å²) in [7, 11) is 0. The average Bonchev–Trinajstić information content (AvgIpc) is 1.94. The summed E-state index contributed by atoms with van der Waals surface area (Å²) in [6.45, 7) is 0. The SMILES string of the molecule is N[C@@H]1CC[C@@H](N)[C@H](C(=O)O)C1. The van der Waals surface area contributed by atoms with Crippen LogP contribution in [0.3, 0.4) is 0 Å². The van der Waals surface area contributed by atoms with Crippen LogP contribution in [0.2, 0.25) is 0 Å². The van der Waals surface area contributed by atoms with E-state index in [4.69, 9.17) is 16.6 Å². The second kappa shape index (κ2) is 3.19. The third-order valence-corrected chi connectivity index (χ3v) is 2.26. The van der Waals surface area contributed by atoms with E-state index in [1.54, 1.807) is 0 Å². The third-order valence-electron chi connectivity index (χ3n) is 2.26. The monoisotopic (exact) mass is 158 g/mol. The standard InChI is InChI=1S/C7H14N2O2/c8-4-1-2-6(9)5(3-4)7(10)11/h4-6H,1-3,8-9H2,(H,10,11)/t4-,5-,6-/m1/s1. The predicted molar refractivity (Wildman–Crippen MR) is 40.9 cm³/mol. The Bertz CT molecular complexity index is 161. The van der Waals surface area contributed by atoms with E-state index in [9.17, 15) is 4.79 Å². The van der Waals surface area contributed by atoms with Crippen LogP contribution in [0.25, 0.3) is 0 Å². The maximum Gasteiger partial charge on any atom is 0.308 e. The van der Waals surface area contributed by atoms with E-state index in [0.717, 1.165) is 12.8 Å². The average molecular weight is 158 g/mol.